The van der Waals surface area contributed by atoms with Gasteiger partial charge in [0.2, 0.25) is 0 Å². The van der Waals surface area contributed by atoms with Gasteiger partial charge in [0, 0.05) is 27.5 Å². The van der Waals surface area contributed by atoms with E-state index in [1.807, 2.05) is 24.3 Å². The van der Waals surface area contributed by atoms with Crippen molar-refractivity contribution < 1.29 is 4.42 Å². The fourth-order valence-corrected chi connectivity index (χ4v) is 10.9. The second-order valence-electron chi connectivity index (χ2n) is 14.0. The molecule has 0 amide bonds. The van der Waals surface area contributed by atoms with Crippen LogP contribution in [0.1, 0.15) is 0 Å². The van der Waals surface area contributed by atoms with Crippen LogP contribution in [0.2, 0.25) is 13.1 Å². The molecule has 246 valence electrons. The van der Waals surface area contributed by atoms with Crippen molar-refractivity contribution in [2.75, 3.05) is 0 Å². The van der Waals surface area contributed by atoms with Gasteiger partial charge in [0.25, 0.3) is 0 Å². The number of furan rings is 1. The van der Waals surface area contributed by atoms with Crippen LogP contribution in [0, 0.1) is 0 Å². The van der Waals surface area contributed by atoms with Crippen molar-refractivity contribution >= 4 is 40.4 Å². The van der Waals surface area contributed by atoms with Crippen molar-refractivity contribution in [3.8, 4) is 67.5 Å². The van der Waals surface area contributed by atoms with Gasteiger partial charge in [-0.25, -0.2) is 15.0 Å². The predicted octanol–water partition coefficient (Wildman–Crippen LogP) is 10.9. The summed E-state index contributed by atoms with van der Waals surface area (Å²) in [5.41, 5.74) is 11.7. The van der Waals surface area contributed by atoms with Crippen molar-refractivity contribution in [1.82, 2.24) is 15.0 Å². The Morgan fingerprint density at radius 1 is 0.365 bits per heavy atom. The zero-order valence-corrected chi connectivity index (χ0v) is 29.8. The van der Waals surface area contributed by atoms with Gasteiger partial charge in [-0.3, -0.25) is 0 Å². The van der Waals surface area contributed by atoms with E-state index in [0.29, 0.717) is 17.5 Å². The lowest BCUT2D eigenvalue weighted by molar-refractivity contribution is 0.669. The van der Waals surface area contributed by atoms with E-state index in [4.69, 9.17) is 19.4 Å². The van der Waals surface area contributed by atoms with E-state index in [1.54, 1.807) is 0 Å². The van der Waals surface area contributed by atoms with Crippen molar-refractivity contribution in [2.45, 2.75) is 13.1 Å². The molecule has 7 aromatic carbocycles. The number of rotatable bonds is 5. The normalized spacial score (nSPS) is 13.0. The fraction of sp³-hybridized carbons (Fsp3) is 0.0426. The van der Waals surface area contributed by atoms with E-state index in [1.165, 1.54) is 21.5 Å². The summed E-state index contributed by atoms with van der Waals surface area (Å²) in [6.45, 7) is 4.90. The first-order chi connectivity index (χ1) is 25.5. The topological polar surface area (TPSA) is 51.8 Å². The first kappa shape index (κ1) is 30.4. The Kier molecular flexibility index (Phi) is 6.91. The largest absolute Gasteiger partial charge is 0.456 e. The molecule has 5 heteroatoms. The quantitative estimate of drug-likeness (QED) is 0.169. The molecule has 3 heterocycles. The lowest BCUT2D eigenvalue weighted by Gasteiger charge is -2.21. The third-order valence-corrected chi connectivity index (χ3v) is 14.1. The zero-order chi connectivity index (χ0) is 34.8. The zero-order valence-electron chi connectivity index (χ0n) is 28.8. The number of hydrogen-bond acceptors (Lipinski definition) is 4. The van der Waals surface area contributed by atoms with Gasteiger partial charge < -0.3 is 4.42 Å². The molecule has 0 unspecified atom stereocenters. The fourth-order valence-electron chi connectivity index (χ4n) is 7.86. The Labute approximate surface area is 303 Å². The third-order valence-electron chi connectivity index (χ3n) is 10.6. The molecule has 0 spiro atoms. The summed E-state index contributed by atoms with van der Waals surface area (Å²) >= 11 is 0. The number of benzene rings is 7. The first-order valence-electron chi connectivity index (χ1n) is 17.7. The molecular weight excluding hydrogens is 651 g/mol. The van der Waals surface area contributed by atoms with E-state index in [2.05, 4.69) is 153 Å². The molecule has 0 fully saturated rings. The smallest absolute Gasteiger partial charge is 0.164 e. The minimum absolute atomic E-state index is 0.607. The average molecular weight is 684 g/mol. The van der Waals surface area contributed by atoms with Gasteiger partial charge in [-0.05, 0) is 74.1 Å². The monoisotopic (exact) mass is 683 g/mol. The molecule has 0 radical (unpaired) electrons. The van der Waals surface area contributed by atoms with Crippen molar-refractivity contribution in [3.05, 3.63) is 164 Å². The lowest BCUT2D eigenvalue weighted by atomic mass is 9.94. The van der Waals surface area contributed by atoms with Gasteiger partial charge in [-0.1, -0.05) is 147 Å². The molecule has 0 saturated heterocycles. The Balaban J connectivity index is 1.18. The highest BCUT2D eigenvalue weighted by Gasteiger charge is 2.38. The Bertz CT molecular complexity index is 2810. The summed E-state index contributed by atoms with van der Waals surface area (Å²) in [6.07, 6.45) is 0. The molecule has 1 aliphatic heterocycles. The predicted molar refractivity (Wildman–Crippen MR) is 216 cm³/mol. The van der Waals surface area contributed by atoms with Crippen LogP contribution < -0.4 is 10.4 Å². The van der Waals surface area contributed by atoms with Crippen LogP contribution in [0.25, 0.3) is 89.5 Å². The Morgan fingerprint density at radius 2 is 0.904 bits per heavy atom. The number of hydrogen-bond donors (Lipinski definition) is 0. The number of fused-ring (bicyclic) bond motifs is 6. The van der Waals surface area contributed by atoms with Crippen molar-refractivity contribution in [2.24, 2.45) is 0 Å². The molecule has 0 N–H and O–H groups in total. The van der Waals surface area contributed by atoms with Gasteiger partial charge in [0.05, 0.1) is 0 Å². The van der Waals surface area contributed by atoms with Crippen LogP contribution in [0.5, 0.6) is 0 Å². The lowest BCUT2D eigenvalue weighted by Crippen LogP contribution is -2.49. The van der Waals surface area contributed by atoms with Crippen LogP contribution >= 0.6 is 0 Å². The molecule has 0 aliphatic carbocycles. The maximum Gasteiger partial charge on any atom is 0.164 e. The highest BCUT2D eigenvalue weighted by molar-refractivity contribution is 7.03. The van der Waals surface area contributed by atoms with Gasteiger partial charge in [0.1, 0.15) is 19.2 Å². The van der Waals surface area contributed by atoms with E-state index in [0.717, 1.165) is 60.9 Å². The summed E-state index contributed by atoms with van der Waals surface area (Å²) in [7, 11) is -1.98. The molecule has 1 aliphatic rings. The molecule has 0 atom stereocenters. The minimum atomic E-state index is -1.98. The van der Waals surface area contributed by atoms with E-state index in [-0.39, 0.29) is 0 Å². The highest BCUT2D eigenvalue weighted by Crippen LogP contribution is 2.39. The second-order valence-corrected chi connectivity index (χ2v) is 18.4. The summed E-state index contributed by atoms with van der Waals surface area (Å²) in [6, 6.07) is 57.6. The van der Waals surface area contributed by atoms with Crippen LogP contribution in [-0.4, -0.2) is 23.0 Å². The highest BCUT2D eigenvalue weighted by atomic mass is 28.3. The van der Waals surface area contributed by atoms with E-state index in [9.17, 15) is 0 Å². The summed E-state index contributed by atoms with van der Waals surface area (Å²) in [5, 5.41) is 5.02. The summed E-state index contributed by atoms with van der Waals surface area (Å²) in [4.78, 5) is 15.6. The first-order valence-corrected chi connectivity index (χ1v) is 20.7. The Hall–Kier alpha value is -6.43. The molecule has 4 nitrogen and oxygen atoms in total. The standard InChI is InChI=1S/C47H33N3OSi/c1-52(2)43-21-13-12-20-37(43)39-28-38(31-16-8-4-9-17-31)40(29-44(39)52)47-49-45(32-18-10-5-11-19-32)48-46(50-47)34-23-25-36-35-24-22-33(30-14-6-3-7-15-30)26-41(35)51-42(36)27-34/h3-29H,1-2H3. The van der Waals surface area contributed by atoms with E-state index >= 15 is 0 Å². The van der Waals surface area contributed by atoms with Gasteiger partial charge in [-0.2, -0.15) is 0 Å². The number of aromatic nitrogens is 3. The molecule has 2 aromatic heterocycles. The van der Waals surface area contributed by atoms with Crippen molar-refractivity contribution in [1.29, 1.82) is 0 Å². The summed E-state index contributed by atoms with van der Waals surface area (Å²) in [5.74, 6) is 1.90. The molecule has 9 aromatic rings. The second kappa shape index (κ2) is 11.8. The minimum Gasteiger partial charge on any atom is -0.456 e. The SMILES string of the molecule is C[Si]1(C)c2ccccc2-c2cc(-c3ccccc3)c(-c3nc(-c4ccccc4)nc(-c4ccc5c(c4)oc4cc(-c6ccccc6)ccc45)n3)cc21. The molecule has 0 bridgehead atoms. The van der Waals surface area contributed by atoms with Crippen molar-refractivity contribution in [3.63, 3.8) is 0 Å². The van der Waals surface area contributed by atoms with Crippen LogP contribution in [-0.2, 0) is 0 Å². The van der Waals surface area contributed by atoms with Gasteiger partial charge in [0.15, 0.2) is 17.5 Å². The Morgan fingerprint density at radius 3 is 1.60 bits per heavy atom. The van der Waals surface area contributed by atoms with Crippen LogP contribution in [0.15, 0.2) is 168 Å². The maximum absolute atomic E-state index is 6.52. The molecule has 52 heavy (non-hydrogen) atoms. The third kappa shape index (κ3) is 4.93. The number of nitrogens with zero attached hydrogens (tertiary/aromatic N) is 3. The van der Waals surface area contributed by atoms with Gasteiger partial charge >= 0.3 is 0 Å². The van der Waals surface area contributed by atoms with Crippen LogP contribution in [0.3, 0.4) is 0 Å². The molecular formula is C47H33N3OSi. The average Bonchev–Trinajstić information content (AvgIpc) is 3.68. The summed E-state index contributed by atoms with van der Waals surface area (Å²) < 4.78 is 6.52. The molecule has 0 saturated carbocycles. The van der Waals surface area contributed by atoms with Gasteiger partial charge in [-0.15, -0.1) is 0 Å². The maximum atomic E-state index is 6.52. The van der Waals surface area contributed by atoms with E-state index < -0.39 is 8.07 Å². The van der Waals surface area contributed by atoms with Crippen LogP contribution in [0.4, 0.5) is 0 Å². The molecule has 10 rings (SSSR count).